The van der Waals surface area contributed by atoms with E-state index in [-0.39, 0.29) is 0 Å². The van der Waals surface area contributed by atoms with Crippen LogP contribution in [0.4, 0.5) is 0 Å². The summed E-state index contributed by atoms with van der Waals surface area (Å²) < 4.78 is 10.2. The van der Waals surface area contributed by atoms with Gasteiger partial charge in [0.2, 0.25) is 0 Å². The fourth-order valence-electron chi connectivity index (χ4n) is 23.3. The number of nitrogens with zero attached hydrogens (tertiary/aromatic N) is 7. The van der Waals surface area contributed by atoms with Crippen molar-refractivity contribution in [1.29, 1.82) is 0 Å². The van der Waals surface area contributed by atoms with Crippen molar-refractivity contribution >= 4 is 87.2 Å². The van der Waals surface area contributed by atoms with E-state index in [0.29, 0.717) is 17.5 Å². The third kappa shape index (κ3) is 15.3. The molecular formula is C133H107N7. The molecule has 7 heteroatoms. The second-order valence-corrected chi connectivity index (χ2v) is 40.2. The quantitative estimate of drug-likeness (QED) is 0.103. The highest BCUT2D eigenvalue weighted by Crippen LogP contribution is 2.50. The second-order valence-electron chi connectivity index (χ2n) is 40.2. The van der Waals surface area contributed by atoms with E-state index >= 15 is 0 Å². The van der Waals surface area contributed by atoms with E-state index in [2.05, 4.69) is 487 Å². The Balaban J connectivity index is 0.901. The Labute approximate surface area is 818 Å². The Kier molecular flexibility index (Phi) is 20.8. The molecule has 24 rings (SSSR count). The fourth-order valence-corrected chi connectivity index (χ4v) is 23.3. The summed E-state index contributed by atoms with van der Waals surface area (Å²) in [5.41, 5.74) is 51.6. The lowest BCUT2D eigenvalue weighted by Crippen LogP contribution is -2.10. The van der Waals surface area contributed by atoms with Gasteiger partial charge in [-0.15, -0.1) is 0 Å². The van der Waals surface area contributed by atoms with Gasteiger partial charge in [-0.2, -0.15) is 0 Å². The van der Waals surface area contributed by atoms with Crippen LogP contribution in [0, 0.1) is 111 Å². The molecular weight excluding hydrogens is 1700 g/mol. The van der Waals surface area contributed by atoms with Gasteiger partial charge in [0, 0.05) is 48.7 Å². The Morgan fingerprint density at radius 3 is 0.450 bits per heavy atom. The van der Waals surface area contributed by atoms with Crippen LogP contribution in [0.15, 0.2) is 358 Å². The summed E-state index contributed by atoms with van der Waals surface area (Å²) in [6, 6.07) is 137. The number of fused-ring (bicyclic) bond motifs is 12. The summed E-state index contributed by atoms with van der Waals surface area (Å²) in [6.45, 7) is 35.4. The maximum atomic E-state index is 6.62. The van der Waals surface area contributed by atoms with Crippen LogP contribution in [0.25, 0.3) is 233 Å². The molecule has 0 N–H and O–H groups in total. The van der Waals surface area contributed by atoms with Crippen molar-refractivity contribution in [1.82, 2.24) is 33.2 Å². The normalized spacial score (nSPS) is 11.9. The number of benzene rings is 19. The van der Waals surface area contributed by atoms with Crippen molar-refractivity contribution in [2.24, 2.45) is 0 Å². The molecule has 24 aromatic rings. The Bertz CT molecular complexity index is 7780. The first-order valence-electron chi connectivity index (χ1n) is 48.9. The molecule has 0 bridgehead atoms. The van der Waals surface area contributed by atoms with Crippen molar-refractivity contribution in [2.75, 3.05) is 0 Å². The summed E-state index contributed by atoms with van der Waals surface area (Å²) in [7, 11) is 0. The molecule has 0 spiro atoms. The molecule has 0 atom stereocenters. The summed E-state index contributed by atoms with van der Waals surface area (Å²) in [4.78, 5) is 19.1. The summed E-state index contributed by atoms with van der Waals surface area (Å²) in [5, 5.41) is 8.92. The highest BCUT2D eigenvalue weighted by Gasteiger charge is 2.32. The molecule has 0 unspecified atom stereocenters. The highest BCUT2D eigenvalue weighted by atomic mass is 15.1. The molecule has 140 heavy (non-hydrogen) atoms. The van der Waals surface area contributed by atoms with Crippen molar-refractivity contribution in [3.63, 3.8) is 0 Å². The average molecular weight is 1800 g/mol. The van der Waals surface area contributed by atoms with Crippen molar-refractivity contribution in [3.05, 3.63) is 447 Å². The first-order chi connectivity index (χ1) is 67.8. The summed E-state index contributed by atoms with van der Waals surface area (Å²) in [5.74, 6) is 1.46. The van der Waals surface area contributed by atoms with Gasteiger partial charge in [0.1, 0.15) is 0 Å². The lowest BCUT2D eigenvalue weighted by Gasteiger charge is -2.22. The zero-order chi connectivity index (χ0) is 95.6. The van der Waals surface area contributed by atoms with Crippen LogP contribution in [0.1, 0.15) is 89.0 Å². The number of rotatable bonds is 15. The molecule has 0 fully saturated rings. The number of aryl methyl sites for hydroxylation is 16. The van der Waals surface area contributed by atoms with Gasteiger partial charge in [0.05, 0.1) is 78.0 Å². The first kappa shape index (κ1) is 86.2. The van der Waals surface area contributed by atoms with Crippen LogP contribution in [0.5, 0.6) is 0 Å². The maximum Gasteiger partial charge on any atom is 0.168 e. The highest BCUT2D eigenvalue weighted by molar-refractivity contribution is 6.17. The Hall–Kier alpha value is -16.6. The molecule has 0 saturated carbocycles. The minimum atomic E-state index is 0.477. The monoisotopic (exact) mass is 1800 g/mol. The van der Waals surface area contributed by atoms with Crippen LogP contribution < -0.4 is 0 Å². The smallest absolute Gasteiger partial charge is 0.168 e. The molecule has 0 aliphatic rings. The van der Waals surface area contributed by atoms with E-state index in [9.17, 15) is 0 Å². The molecule has 5 aromatic heterocycles. The van der Waals surface area contributed by atoms with Gasteiger partial charge in [-0.3, -0.25) is 0 Å². The van der Waals surface area contributed by atoms with Gasteiger partial charge in [0.25, 0.3) is 0 Å². The lowest BCUT2D eigenvalue weighted by atomic mass is 9.98. The molecule has 7 nitrogen and oxygen atoms in total. The molecule has 0 saturated heterocycles. The van der Waals surface area contributed by atoms with Crippen LogP contribution in [0.2, 0.25) is 0 Å². The number of hydrogen-bond acceptors (Lipinski definition) is 3. The predicted molar refractivity (Wildman–Crippen MR) is 593 cm³/mol. The number of hydrogen-bond donors (Lipinski definition) is 0. The molecule has 674 valence electrons. The molecule has 0 aliphatic carbocycles. The fraction of sp³-hybridized carbons (Fsp3) is 0.120. The molecule has 0 aliphatic heterocycles. The topological polar surface area (TPSA) is 58.4 Å². The van der Waals surface area contributed by atoms with E-state index in [4.69, 9.17) is 15.0 Å². The van der Waals surface area contributed by atoms with Crippen molar-refractivity contribution < 1.29 is 0 Å². The maximum absolute atomic E-state index is 6.62. The Morgan fingerprint density at radius 1 is 0.129 bits per heavy atom. The SMILES string of the molecule is Cc1cc(C)cc(-c2ccc3c4ccc(-c5cc(C)cc(C)c5)cc4n(-c4cccc(-n5c6cc(-c7cc(C)cc(C)c7)ccc6c6ccc(-c7cc(C)cc(C)c7)cc65)c4-c4nc(-c5ccccc5)nc(-c5c(-n6c7cc(-c8cc(C)cc(C)c8)ccc7c7ccc(-c8cc(C)cc(C)c8)cc76)cccc5-n5c6cc(-c7cc(C)cc(C)c7)ccc6c6ccc(-c7cc(C)cc(C)c7)cc65)n4)c3c2)c1. The molecule has 0 amide bonds. The standard InChI is InChI=1S/C133H107N7/c1-76-44-77(2)53-101(52-76)93-28-36-109-110-37-29-94(102-54-78(3)45-79(4)55-102)69-122(110)137(121(109)68-93)117-24-20-25-118(138-123-70-95(103-56-80(5)46-81(6)57-103)30-38-111(123)112-39-31-96(71-124(112)138)104-58-82(7)47-83(8)59-104)129(117)132-134-131(92-22-18-17-19-23-92)135-133(136-132)130-119(139-125-72-97(105-60-84(9)48-85(10)61-105)32-40-113(125)114-41-33-98(73-126(114)139)106-62-86(11)49-87(12)63-106)26-21-27-120(130)140-127-74-99(107-64-88(13)50-89(14)65-107)34-42-115(127)116-43-35-100(75-128(116)140)108-66-90(15)51-91(16)67-108/h17-75H,1-16H3. The van der Waals surface area contributed by atoms with Crippen LogP contribution in [-0.4, -0.2) is 33.2 Å². The van der Waals surface area contributed by atoms with Crippen molar-refractivity contribution in [2.45, 2.75) is 111 Å². The third-order valence-electron chi connectivity index (χ3n) is 28.6. The predicted octanol–water partition coefficient (Wildman–Crippen LogP) is 35.5. The summed E-state index contributed by atoms with van der Waals surface area (Å²) in [6.07, 6.45) is 0. The zero-order valence-corrected chi connectivity index (χ0v) is 82.2. The molecule has 19 aromatic carbocycles. The minimum Gasteiger partial charge on any atom is -0.308 e. The first-order valence-corrected chi connectivity index (χ1v) is 48.9. The third-order valence-corrected chi connectivity index (χ3v) is 28.6. The van der Waals surface area contributed by atoms with Gasteiger partial charge >= 0.3 is 0 Å². The van der Waals surface area contributed by atoms with E-state index in [1.165, 1.54) is 89.0 Å². The molecule has 5 heterocycles. The van der Waals surface area contributed by atoms with E-state index in [1.54, 1.807) is 0 Å². The van der Waals surface area contributed by atoms with Gasteiger partial charge < -0.3 is 18.3 Å². The van der Waals surface area contributed by atoms with E-state index in [1.807, 2.05) is 0 Å². The van der Waals surface area contributed by atoms with Crippen molar-refractivity contribution in [3.8, 4) is 146 Å². The Morgan fingerprint density at radius 2 is 0.286 bits per heavy atom. The molecule has 0 radical (unpaired) electrons. The van der Waals surface area contributed by atoms with Crippen LogP contribution in [0.3, 0.4) is 0 Å². The van der Waals surface area contributed by atoms with Gasteiger partial charge in [0.15, 0.2) is 17.5 Å². The second kappa shape index (κ2) is 33.7. The minimum absolute atomic E-state index is 0.477. The largest absolute Gasteiger partial charge is 0.308 e. The lowest BCUT2D eigenvalue weighted by molar-refractivity contribution is 1.04. The van der Waals surface area contributed by atoms with Crippen LogP contribution in [-0.2, 0) is 0 Å². The van der Waals surface area contributed by atoms with E-state index in [0.717, 1.165) is 216 Å². The number of aromatic nitrogens is 7. The van der Waals surface area contributed by atoms with Gasteiger partial charge in [-0.05, 0) is 273 Å². The van der Waals surface area contributed by atoms with Gasteiger partial charge in [-0.1, -0.05) is 374 Å². The van der Waals surface area contributed by atoms with E-state index < -0.39 is 0 Å². The average Bonchev–Trinajstić information content (AvgIpc) is 1.55. The van der Waals surface area contributed by atoms with Gasteiger partial charge in [-0.25, -0.2) is 15.0 Å². The van der Waals surface area contributed by atoms with Crippen LogP contribution >= 0.6 is 0 Å². The zero-order valence-electron chi connectivity index (χ0n) is 82.2. The summed E-state index contributed by atoms with van der Waals surface area (Å²) >= 11 is 0.